The van der Waals surface area contributed by atoms with Crippen LogP contribution in [0.15, 0.2) is 42.5 Å². The summed E-state index contributed by atoms with van der Waals surface area (Å²) in [5.74, 6) is 1.31. The number of likely N-dealkylation sites (tertiary alicyclic amines) is 1. The molecule has 2 heterocycles. The largest absolute Gasteiger partial charge is 0.497 e. The fourth-order valence-electron chi connectivity index (χ4n) is 4.24. The first-order valence-corrected chi connectivity index (χ1v) is 9.98. The van der Waals surface area contributed by atoms with Gasteiger partial charge in [0.25, 0.3) is 0 Å². The third-order valence-electron chi connectivity index (χ3n) is 5.65. The van der Waals surface area contributed by atoms with Crippen molar-refractivity contribution in [3.63, 3.8) is 0 Å². The number of amides is 2. The van der Waals surface area contributed by atoms with Crippen LogP contribution >= 0.6 is 11.6 Å². The number of halogens is 1. The predicted octanol–water partition coefficient (Wildman–Crippen LogP) is 3.31. The lowest BCUT2D eigenvalue weighted by atomic mass is 10.1. The first kappa shape index (κ1) is 19.6. The Morgan fingerprint density at radius 1 is 1.17 bits per heavy atom. The molecule has 2 saturated heterocycles. The lowest BCUT2D eigenvalue weighted by Gasteiger charge is -2.34. The maximum Gasteiger partial charge on any atom is 0.250 e. The molecular formula is C22H23ClN2O4. The number of hydrogen-bond acceptors (Lipinski definition) is 4. The summed E-state index contributed by atoms with van der Waals surface area (Å²) in [5.41, 5.74) is 1.71. The summed E-state index contributed by atoms with van der Waals surface area (Å²) in [7, 11) is 3.19. The Bertz CT molecular complexity index is 948. The molecule has 2 aliphatic heterocycles. The lowest BCUT2D eigenvalue weighted by molar-refractivity contribution is -0.138. The van der Waals surface area contributed by atoms with Gasteiger partial charge in [0.2, 0.25) is 11.8 Å². The van der Waals surface area contributed by atoms with Gasteiger partial charge < -0.3 is 19.3 Å². The number of carbonyl (C=O) groups excluding carboxylic acids is 2. The minimum absolute atomic E-state index is 0.00591. The van der Waals surface area contributed by atoms with Gasteiger partial charge in [-0.25, -0.2) is 0 Å². The molecule has 2 atom stereocenters. The van der Waals surface area contributed by atoms with Gasteiger partial charge in [0.05, 0.1) is 25.9 Å². The zero-order chi connectivity index (χ0) is 20.5. The predicted molar refractivity (Wildman–Crippen MR) is 111 cm³/mol. The van der Waals surface area contributed by atoms with E-state index >= 15 is 0 Å². The zero-order valence-electron chi connectivity index (χ0n) is 16.4. The Labute approximate surface area is 174 Å². The molecule has 2 aromatic rings. The van der Waals surface area contributed by atoms with Gasteiger partial charge in [-0.05, 0) is 48.7 Å². The summed E-state index contributed by atoms with van der Waals surface area (Å²) in [6.45, 7) is 0.531. The van der Waals surface area contributed by atoms with Crippen LogP contribution in [0.2, 0.25) is 5.02 Å². The smallest absolute Gasteiger partial charge is 0.250 e. The Kier molecular flexibility index (Phi) is 5.37. The number of aryl methyl sites for hydroxylation is 1. The van der Waals surface area contributed by atoms with Crippen LogP contribution in [0, 0.1) is 0 Å². The van der Waals surface area contributed by atoms with Crippen LogP contribution in [0.3, 0.4) is 0 Å². The molecule has 2 bridgehead atoms. The van der Waals surface area contributed by atoms with Gasteiger partial charge in [0, 0.05) is 18.0 Å². The molecule has 0 aliphatic carbocycles. The van der Waals surface area contributed by atoms with Crippen molar-refractivity contribution in [3.05, 3.63) is 53.1 Å². The van der Waals surface area contributed by atoms with Gasteiger partial charge >= 0.3 is 0 Å². The SMILES string of the molecule is COc1cccc(CCC(=O)N2C[C@@H]3C[C@H]2C(=O)N3c2cc(Cl)ccc2OC)c1. The van der Waals surface area contributed by atoms with Crippen LogP contribution in [0.5, 0.6) is 11.5 Å². The van der Waals surface area contributed by atoms with Crippen molar-refractivity contribution in [2.24, 2.45) is 0 Å². The van der Waals surface area contributed by atoms with E-state index < -0.39 is 6.04 Å². The molecule has 2 amide bonds. The Morgan fingerprint density at radius 2 is 2.00 bits per heavy atom. The van der Waals surface area contributed by atoms with E-state index in [0.29, 0.717) is 42.3 Å². The van der Waals surface area contributed by atoms with Crippen LogP contribution in [0.25, 0.3) is 0 Å². The van der Waals surface area contributed by atoms with Crippen molar-refractivity contribution in [2.75, 3.05) is 25.7 Å². The third kappa shape index (κ3) is 3.65. The minimum atomic E-state index is -0.415. The van der Waals surface area contributed by atoms with Crippen molar-refractivity contribution < 1.29 is 19.1 Å². The van der Waals surface area contributed by atoms with E-state index in [-0.39, 0.29) is 17.9 Å². The van der Waals surface area contributed by atoms with Crippen LogP contribution in [0.4, 0.5) is 5.69 Å². The highest BCUT2D eigenvalue weighted by Crippen LogP contribution is 2.41. The Balaban J connectivity index is 1.44. The number of piperazine rings is 1. The normalized spacial score (nSPS) is 20.3. The summed E-state index contributed by atoms with van der Waals surface area (Å²) >= 11 is 6.14. The molecule has 0 aromatic heterocycles. The van der Waals surface area contributed by atoms with Crippen LogP contribution in [-0.2, 0) is 16.0 Å². The number of methoxy groups -OCH3 is 2. The molecule has 2 aromatic carbocycles. The molecule has 0 N–H and O–H groups in total. The Hall–Kier alpha value is -2.73. The molecular weight excluding hydrogens is 392 g/mol. The van der Waals surface area contributed by atoms with Crippen LogP contribution in [-0.4, -0.2) is 49.6 Å². The number of fused-ring (bicyclic) bond motifs is 2. The molecule has 6 nitrogen and oxygen atoms in total. The number of anilines is 1. The van der Waals surface area contributed by atoms with Gasteiger partial charge in [-0.3, -0.25) is 9.59 Å². The number of hydrogen-bond donors (Lipinski definition) is 0. The molecule has 0 unspecified atom stereocenters. The fourth-order valence-corrected chi connectivity index (χ4v) is 4.41. The van der Waals surface area contributed by atoms with Gasteiger partial charge in [-0.2, -0.15) is 0 Å². The molecule has 152 valence electrons. The van der Waals surface area contributed by atoms with E-state index in [0.717, 1.165) is 11.3 Å². The van der Waals surface area contributed by atoms with E-state index in [1.54, 1.807) is 42.2 Å². The quantitative estimate of drug-likeness (QED) is 0.727. The fraction of sp³-hybridized carbons (Fsp3) is 0.364. The summed E-state index contributed by atoms with van der Waals surface area (Å²) in [6.07, 6.45) is 1.62. The standard InChI is InChI=1S/C22H23ClN2O4/c1-28-17-5-3-4-14(10-17)6-9-21(26)24-13-16-12-19(24)22(27)25(16)18-11-15(23)7-8-20(18)29-2/h3-5,7-8,10-11,16,19H,6,9,12-13H2,1-2H3/t16-,19-/m0/s1. The molecule has 29 heavy (non-hydrogen) atoms. The first-order chi connectivity index (χ1) is 14.0. The van der Waals surface area contributed by atoms with Gasteiger partial charge in [0.1, 0.15) is 17.5 Å². The Morgan fingerprint density at radius 3 is 2.72 bits per heavy atom. The monoisotopic (exact) mass is 414 g/mol. The van der Waals surface area contributed by atoms with E-state index in [4.69, 9.17) is 21.1 Å². The maximum absolute atomic E-state index is 13.0. The van der Waals surface area contributed by atoms with Crippen molar-refractivity contribution >= 4 is 29.1 Å². The summed E-state index contributed by atoms with van der Waals surface area (Å²) in [5, 5.41) is 0.544. The highest BCUT2D eigenvalue weighted by atomic mass is 35.5. The molecule has 7 heteroatoms. The zero-order valence-corrected chi connectivity index (χ0v) is 17.2. The molecule has 2 fully saturated rings. The number of carbonyl (C=O) groups is 2. The van der Waals surface area contributed by atoms with Crippen molar-refractivity contribution in [1.82, 2.24) is 4.90 Å². The van der Waals surface area contributed by atoms with E-state index in [1.807, 2.05) is 24.3 Å². The summed E-state index contributed by atoms with van der Waals surface area (Å²) in [4.78, 5) is 29.3. The summed E-state index contributed by atoms with van der Waals surface area (Å²) < 4.78 is 10.6. The van der Waals surface area contributed by atoms with E-state index in [1.165, 1.54) is 0 Å². The van der Waals surface area contributed by atoms with Crippen molar-refractivity contribution in [1.29, 1.82) is 0 Å². The minimum Gasteiger partial charge on any atom is -0.497 e. The molecule has 4 rings (SSSR count). The van der Waals surface area contributed by atoms with E-state index in [9.17, 15) is 9.59 Å². The number of nitrogens with zero attached hydrogens (tertiary/aromatic N) is 2. The van der Waals surface area contributed by atoms with Crippen molar-refractivity contribution in [3.8, 4) is 11.5 Å². The van der Waals surface area contributed by atoms with Gasteiger partial charge in [-0.1, -0.05) is 23.7 Å². The van der Waals surface area contributed by atoms with Crippen LogP contribution < -0.4 is 14.4 Å². The second kappa shape index (κ2) is 7.95. The first-order valence-electron chi connectivity index (χ1n) is 9.61. The second-order valence-corrected chi connectivity index (χ2v) is 7.76. The second-order valence-electron chi connectivity index (χ2n) is 7.33. The number of benzene rings is 2. The number of ether oxygens (including phenoxy) is 2. The third-order valence-corrected chi connectivity index (χ3v) is 5.88. The van der Waals surface area contributed by atoms with Crippen LogP contribution in [0.1, 0.15) is 18.4 Å². The average molecular weight is 415 g/mol. The molecule has 0 saturated carbocycles. The van der Waals surface area contributed by atoms with Gasteiger partial charge in [-0.15, -0.1) is 0 Å². The van der Waals surface area contributed by atoms with Crippen molar-refractivity contribution in [2.45, 2.75) is 31.3 Å². The molecule has 2 aliphatic rings. The van der Waals surface area contributed by atoms with E-state index in [2.05, 4.69) is 0 Å². The topological polar surface area (TPSA) is 59.1 Å². The molecule has 0 radical (unpaired) electrons. The highest BCUT2D eigenvalue weighted by molar-refractivity contribution is 6.31. The maximum atomic E-state index is 13.0. The summed E-state index contributed by atoms with van der Waals surface area (Å²) in [6, 6.07) is 12.5. The average Bonchev–Trinajstić information content (AvgIpc) is 3.30. The van der Waals surface area contributed by atoms with Gasteiger partial charge in [0.15, 0.2) is 0 Å². The highest BCUT2D eigenvalue weighted by Gasteiger charge is 2.52. The number of rotatable bonds is 6. The lowest BCUT2D eigenvalue weighted by Crippen LogP contribution is -2.52. The molecule has 0 spiro atoms.